The Balaban J connectivity index is 1.67. The van der Waals surface area contributed by atoms with Crippen molar-refractivity contribution in [1.29, 1.82) is 0 Å². The largest absolute Gasteiger partial charge is 0.395 e. The number of aliphatic hydroxyl groups is 1. The van der Waals surface area contributed by atoms with Crippen molar-refractivity contribution < 1.29 is 26.7 Å². The van der Waals surface area contributed by atoms with Crippen molar-refractivity contribution in [2.24, 2.45) is 5.92 Å². The molecule has 1 unspecified atom stereocenters. The molecule has 0 bridgehead atoms. The topological polar surface area (TPSA) is 124 Å². The first-order chi connectivity index (χ1) is 15.7. The molecule has 1 aromatic carbocycles. The zero-order chi connectivity index (χ0) is 24.1. The Bertz CT molecular complexity index is 1030. The molecular weight excluding hydrogens is 466 g/mol. The lowest BCUT2D eigenvalue weighted by Crippen LogP contribution is -2.43. The third-order valence-corrected chi connectivity index (χ3v) is 9.28. The lowest BCUT2D eigenvalue weighted by atomic mass is 9.93. The predicted molar refractivity (Wildman–Crippen MR) is 125 cm³/mol. The fourth-order valence-electron chi connectivity index (χ4n) is 4.51. The number of aliphatic hydroxyl groups excluding tert-OH is 1. The quantitative estimate of drug-likeness (QED) is 0.503. The Morgan fingerprint density at radius 2 is 1.79 bits per heavy atom. The number of benzene rings is 1. The molecule has 1 heterocycles. The second kappa shape index (κ2) is 11.1. The SMILES string of the molecule is C=CS(=O)(=O)NCC1CCN(S(=O)(=O)c2ccc(C(=O)N(CCO)C3CCCCC3)cc2)C1. The Labute approximate surface area is 196 Å². The Morgan fingerprint density at radius 1 is 1.12 bits per heavy atom. The van der Waals surface area contributed by atoms with Gasteiger partial charge < -0.3 is 10.0 Å². The van der Waals surface area contributed by atoms with Gasteiger partial charge in [0.25, 0.3) is 5.91 Å². The van der Waals surface area contributed by atoms with Crippen LogP contribution in [0.4, 0.5) is 0 Å². The van der Waals surface area contributed by atoms with E-state index in [0.29, 0.717) is 18.5 Å². The molecule has 0 spiro atoms. The molecule has 1 saturated heterocycles. The van der Waals surface area contributed by atoms with E-state index in [9.17, 15) is 26.7 Å². The maximum Gasteiger partial charge on any atom is 0.254 e. The molecule has 1 saturated carbocycles. The van der Waals surface area contributed by atoms with Crippen LogP contribution in [0.15, 0.2) is 41.1 Å². The van der Waals surface area contributed by atoms with E-state index in [-0.39, 0.29) is 49.0 Å². The summed E-state index contributed by atoms with van der Waals surface area (Å²) in [7, 11) is -7.30. The molecule has 9 nitrogen and oxygen atoms in total. The molecule has 11 heteroatoms. The van der Waals surface area contributed by atoms with Gasteiger partial charge in [-0.2, -0.15) is 4.31 Å². The number of hydrogen-bond donors (Lipinski definition) is 2. The van der Waals surface area contributed by atoms with E-state index < -0.39 is 20.0 Å². The first kappa shape index (κ1) is 25.8. The fourth-order valence-corrected chi connectivity index (χ4v) is 6.63. The smallest absolute Gasteiger partial charge is 0.254 e. The number of rotatable bonds is 10. The average molecular weight is 500 g/mol. The van der Waals surface area contributed by atoms with Gasteiger partial charge in [0.05, 0.1) is 11.5 Å². The number of sulfonamides is 2. The van der Waals surface area contributed by atoms with E-state index in [1.807, 2.05) is 0 Å². The molecule has 184 valence electrons. The van der Waals surface area contributed by atoms with Crippen molar-refractivity contribution in [3.8, 4) is 0 Å². The number of carbonyl (C=O) groups excluding carboxylic acids is 1. The third-order valence-electron chi connectivity index (χ3n) is 6.40. The van der Waals surface area contributed by atoms with Crippen molar-refractivity contribution in [3.05, 3.63) is 41.8 Å². The molecule has 1 amide bonds. The van der Waals surface area contributed by atoms with Crippen LogP contribution in [0.3, 0.4) is 0 Å². The summed E-state index contributed by atoms with van der Waals surface area (Å²) in [5.74, 6) is -0.325. The van der Waals surface area contributed by atoms with Crippen LogP contribution >= 0.6 is 0 Å². The van der Waals surface area contributed by atoms with Crippen LogP contribution in [0.2, 0.25) is 0 Å². The van der Waals surface area contributed by atoms with Gasteiger partial charge in [0.2, 0.25) is 20.0 Å². The van der Waals surface area contributed by atoms with Crippen molar-refractivity contribution in [3.63, 3.8) is 0 Å². The molecule has 0 aromatic heterocycles. The van der Waals surface area contributed by atoms with Crippen LogP contribution < -0.4 is 4.72 Å². The van der Waals surface area contributed by atoms with Gasteiger partial charge in [-0.05, 0) is 49.4 Å². The van der Waals surface area contributed by atoms with Crippen molar-refractivity contribution in [2.75, 3.05) is 32.8 Å². The van der Waals surface area contributed by atoms with E-state index in [2.05, 4.69) is 11.3 Å². The number of carbonyl (C=O) groups is 1. The molecule has 2 aliphatic rings. The van der Waals surface area contributed by atoms with E-state index >= 15 is 0 Å². The van der Waals surface area contributed by atoms with Crippen LogP contribution in [-0.2, 0) is 20.0 Å². The van der Waals surface area contributed by atoms with Crippen molar-refractivity contribution in [2.45, 2.75) is 49.5 Å². The maximum absolute atomic E-state index is 13.1. The Morgan fingerprint density at radius 3 is 2.39 bits per heavy atom. The molecule has 1 aliphatic heterocycles. The fraction of sp³-hybridized carbons (Fsp3) is 0.591. The minimum Gasteiger partial charge on any atom is -0.395 e. The number of nitrogens with zero attached hydrogens (tertiary/aromatic N) is 2. The minimum absolute atomic E-state index is 0.0951. The number of hydrogen-bond acceptors (Lipinski definition) is 6. The summed E-state index contributed by atoms with van der Waals surface area (Å²) in [6.07, 6.45) is 5.65. The van der Waals surface area contributed by atoms with Gasteiger partial charge in [-0.1, -0.05) is 25.8 Å². The van der Waals surface area contributed by atoms with Gasteiger partial charge in [-0.3, -0.25) is 4.79 Å². The normalized spacial score (nSPS) is 20.6. The summed E-state index contributed by atoms with van der Waals surface area (Å²) < 4.78 is 52.9. The summed E-state index contributed by atoms with van der Waals surface area (Å²) in [6, 6.07) is 6.02. The van der Waals surface area contributed by atoms with E-state index in [4.69, 9.17) is 0 Å². The number of nitrogens with one attached hydrogen (secondary N) is 1. The van der Waals surface area contributed by atoms with Crippen LogP contribution in [0.25, 0.3) is 0 Å². The Kier molecular flexibility index (Phi) is 8.68. The van der Waals surface area contributed by atoms with Gasteiger partial charge in [-0.15, -0.1) is 0 Å². The highest BCUT2D eigenvalue weighted by molar-refractivity contribution is 7.92. The highest BCUT2D eigenvalue weighted by Crippen LogP contribution is 2.26. The lowest BCUT2D eigenvalue weighted by molar-refractivity contribution is 0.0585. The molecule has 3 rings (SSSR count). The average Bonchev–Trinajstić information content (AvgIpc) is 3.32. The van der Waals surface area contributed by atoms with Crippen LogP contribution in [0.1, 0.15) is 48.9 Å². The van der Waals surface area contributed by atoms with Crippen molar-refractivity contribution >= 4 is 26.0 Å². The molecule has 0 radical (unpaired) electrons. The van der Waals surface area contributed by atoms with Gasteiger partial charge >= 0.3 is 0 Å². The monoisotopic (exact) mass is 499 g/mol. The zero-order valence-corrected chi connectivity index (χ0v) is 20.4. The lowest BCUT2D eigenvalue weighted by Gasteiger charge is -2.34. The minimum atomic E-state index is -3.75. The summed E-state index contributed by atoms with van der Waals surface area (Å²) in [6.45, 7) is 4.05. The van der Waals surface area contributed by atoms with E-state index in [1.54, 1.807) is 4.90 Å². The number of amides is 1. The summed E-state index contributed by atoms with van der Waals surface area (Å²) in [5, 5.41) is 10.3. The second-order valence-electron chi connectivity index (χ2n) is 8.62. The Hall–Kier alpha value is -1.79. The first-order valence-electron chi connectivity index (χ1n) is 11.3. The summed E-state index contributed by atoms with van der Waals surface area (Å²) in [4.78, 5) is 14.9. The molecule has 1 aromatic rings. The van der Waals surface area contributed by atoms with Crippen LogP contribution in [0.5, 0.6) is 0 Å². The summed E-state index contributed by atoms with van der Waals surface area (Å²) in [5.41, 5.74) is 0.395. The molecule has 33 heavy (non-hydrogen) atoms. The van der Waals surface area contributed by atoms with Crippen molar-refractivity contribution in [1.82, 2.24) is 13.9 Å². The second-order valence-corrected chi connectivity index (χ2v) is 12.3. The van der Waals surface area contributed by atoms with Crippen LogP contribution in [-0.4, -0.2) is 75.9 Å². The standard InChI is InChI=1S/C22H33N3O6S2/c1-2-32(28,29)23-16-18-12-13-24(17-18)33(30,31)21-10-8-19(9-11-21)22(27)25(14-15-26)20-6-4-3-5-7-20/h2,8-11,18,20,23,26H,1,3-7,12-17H2. The molecule has 2 fully saturated rings. The molecule has 2 N–H and O–H groups in total. The van der Waals surface area contributed by atoms with Gasteiger partial charge in [0.1, 0.15) is 0 Å². The zero-order valence-electron chi connectivity index (χ0n) is 18.7. The maximum atomic E-state index is 13.1. The van der Waals surface area contributed by atoms with E-state index in [1.165, 1.54) is 28.6 Å². The molecule has 1 atom stereocenters. The first-order valence-corrected chi connectivity index (χ1v) is 14.3. The van der Waals surface area contributed by atoms with Gasteiger partial charge in [-0.25, -0.2) is 21.6 Å². The molecule has 1 aliphatic carbocycles. The molecular formula is C22H33N3O6S2. The highest BCUT2D eigenvalue weighted by Gasteiger charge is 2.33. The third kappa shape index (κ3) is 6.42. The van der Waals surface area contributed by atoms with Gasteiger partial charge in [0, 0.05) is 43.2 Å². The predicted octanol–water partition coefficient (Wildman–Crippen LogP) is 1.53. The van der Waals surface area contributed by atoms with Crippen LogP contribution in [0, 0.1) is 5.92 Å². The van der Waals surface area contributed by atoms with E-state index in [0.717, 1.165) is 37.5 Å². The summed E-state index contributed by atoms with van der Waals surface area (Å²) >= 11 is 0. The highest BCUT2D eigenvalue weighted by atomic mass is 32.2. The van der Waals surface area contributed by atoms with Gasteiger partial charge in [0.15, 0.2) is 0 Å².